The van der Waals surface area contributed by atoms with Crippen molar-refractivity contribution in [3.05, 3.63) is 181 Å². The smallest absolute Gasteiger partial charge is 0.136 e. The quantitative estimate of drug-likeness (QED) is 0.185. The third-order valence-electron chi connectivity index (χ3n) is 10.5. The summed E-state index contributed by atoms with van der Waals surface area (Å²) in [5.41, 5.74) is 14.0. The van der Waals surface area contributed by atoms with Gasteiger partial charge in [-0.05, 0) is 119 Å². The van der Waals surface area contributed by atoms with Crippen molar-refractivity contribution in [2.45, 2.75) is 6.92 Å². The van der Waals surface area contributed by atoms with E-state index in [1.807, 2.05) is 0 Å². The summed E-state index contributed by atoms with van der Waals surface area (Å²) in [6.45, 7) is 2.25. The van der Waals surface area contributed by atoms with Crippen molar-refractivity contribution in [1.82, 2.24) is 0 Å². The molecule has 1 nitrogen and oxygen atoms in total. The lowest BCUT2D eigenvalue weighted by molar-refractivity contribution is 0.669. The summed E-state index contributed by atoms with van der Waals surface area (Å²) in [6, 6.07) is 57.1. The van der Waals surface area contributed by atoms with Crippen LogP contribution in [0, 0.1) is 5.92 Å². The highest BCUT2D eigenvalue weighted by atomic mass is 16.3. The Morgan fingerprint density at radius 1 is 0.373 bits per heavy atom. The molecule has 51 heavy (non-hydrogen) atoms. The molecule has 1 aromatic heterocycles. The fourth-order valence-electron chi connectivity index (χ4n) is 7.96. The third-order valence-corrected chi connectivity index (χ3v) is 10.5. The molecule has 1 aliphatic carbocycles. The lowest BCUT2D eigenvalue weighted by Crippen LogP contribution is -1.96. The minimum Gasteiger partial charge on any atom is -0.456 e. The molecule has 0 bridgehead atoms. The molecule has 10 rings (SSSR count). The summed E-state index contributed by atoms with van der Waals surface area (Å²) in [6.07, 6.45) is 9.33. The predicted molar refractivity (Wildman–Crippen MR) is 218 cm³/mol. The number of furan rings is 1. The topological polar surface area (TPSA) is 13.1 Å². The Bertz CT molecular complexity index is 2850. The molecule has 0 radical (unpaired) electrons. The molecule has 0 aliphatic heterocycles. The van der Waals surface area contributed by atoms with Crippen molar-refractivity contribution in [2.75, 3.05) is 0 Å². The van der Waals surface area contributed by atoms with Gasteiger partial charge in [0.2, 0.25) is 0 Å². The average Bonchev–Trinajstić information content (AvgIpc) is 3.45. The molecule has 9 aromatic rings. The van der Waals surface area contributed by atoms with Crippen molar-refractivity contribution in [1.29, 1.82) is 0 Å². The minimum absolute atomic E-state index is 0.325. The van der Waals surface area contributed by atoms with Crippen LogP contribution in [0.5, 0.6) is 0 Å². The van der Waals surface area contributed by atoms with E-state index in [2.05, 4.69) is 189 Å². The molecule has 0 fully saturated rings. The first-order valence-corrected chi connectivity index (χ1v) is 17.7. The molecule has 240 valence electrons. The van der Waals surface area contributed by atoms with Gasteiger partial charge in [0.25, 0.3) is 0 Å². The Balaban J connectivity index is 1.16. The first-order chi connectivity index (χ1) is 25.2. The van der Waals surface area contributed by atoms with Gasteiger partial charge in [0, 0.05) is 10.8 Å². The Morgan fingerprint density at radius 3 is 1.39 bits per heavy atom. The maximum absolute atomic E-state index is 6.61. The van der Waals surface area contributed by atoms with Crippen LogP contribution in [-0.4, -0.2) is 0 Å². The van der Waals surface area contributed by atoms with E-state index >= 15 is 0 Å². The van der Waals surface area contributed by atoms with Crippen LogP contribution in [0.15, 0.2) is 174 Å². The van der Waals surface area contributed by atoms with Gasteiger partial charge in [-0.2, -0.15) is 0 Å². The highest BCUT2D eigenvalue weighted by Crippen LogP contribution is 2.46. The zero-order valence-corrected chi connectivity index (χ0v) is 28.3. The largest absolute Gasteiger partial charge is 0.456 e. The molecule has 1 heterocycles. The Hall–Kier alpha value is -6.44. The van der Waals surface area contributed by atoms with Gasteiger partial charge in [-0.1, -0.05) is 153 Å². The van der Waals surface area contributed by atoms with E-state index in [1.165, 1.54) is 66.1 Å². The molecular weight excluding hydrogens is 617 g/mol. The van der Waals surface area contributed by atoms with E-state index in [4.69, 9.17) is 4.42 Å². The first-order valence-electron chi connectivity index (χ1n) is 17.7. The highest BCUT2D eigenvalue weighted by Gasteiger charge is 2.21. The second-order valence-electron chi connectivity index (χ2n) is 13.7. The molecular formula is C50H34O. The van der Waals surface area contributed by atoms with Crippen LogP contribution in [0.2, 0.25) is 0 Å². The van der Waals surface area contributed by atoms with Gasteiger partial charge < -0.3 is 4.42 Å². The van der Waals surface area contributed by atoms with Gasteiger partial charge in [0.15, 0.2) is 0 Å². The standard InChI is InChI=1S/C50H34O/c1-32-16-24-45-46(25-17-32)50(40-23-27-42-41-26-22-38(34-12-6-3-7-13-34)30-47(41)51-48(42)31-40)44-15-9-8-14-43(44)49(45)39-21-20-36-28-35(18-19-37(36)29-39)33-10-4-2-5-11-33/h2-32H,1H3. The van der Waals surface area contributed by atoms with Crippen LogP contribution >= 0.6 is 0 Å². The Morgan fingerprint density at radius 2 is 0.804 bits per heavy atom. The van der Waals surface area contributed by atoms with Gasteiger partial charge in [-0.25, -0.2) is 0 Å². The molecule has 8 aromatic carbocycles. The van der Waals surface area contributed by atoms with Crippen LogP contribution in [0.4, 0.5) is 0 Å². The van der Waals surface area contributed by atoms with E-state index in [-0.39, 0.29) is 0 Å². The minimum atomic E-state index is 0.325. The van der Waals surface area contributed by atoms with E-state index in [0.717, 1.165) is 33.1 Å². The molecule has 1 heteroatoms. The van der Waals surface area contributed by atoms with E-state index in [9.17, 15) is 0 Å². The second kappa shape index (κ2) is 11.9. The Kier molecular flexibility index (Phi) is 6.85. The number of allylic oxidation sites excluding steroid dienone is 2. The summed E-state index contributed by atoms with van der Waals surface area (Å²) in [5.74, 6) is 0.325. The summed E-state index contributed by atoms with van der Waals surface area (Å²) < 4.78 is 6.61. The summed E-state index contributed by atoms with van der Waals surface area (Å²) >= 11 is 0. The summed E-state index contributed by atoms with van der Waals surface area (Å²) in [7, 11) is 0. The SMILES string of the molecule is CC1C=Cc2c(c(-c3ccc4c(c3)oc3cc(-c5ccccc5)ccc34)c3ccccc3c2-c2ccc3cc(-c4ccccc4)ccc3c2)C=C1. The summed E-state index contributed by atoms with van der Waals surface area (Å²) in [5, 5.41) is 7.24. The monoisotopic (exact) mass is 650 g/mol. The van der Waals surface area contributed by atoms with Crippen molar-refractivity contribution in [3.63, 3.8) is 0 Å². The fourth-order valence-corrected chi connectivity index (χ4v) is 7.96. The second-order valence-corrected chi connectivity index (χ2v) is 13.7. The molecule has 1 unspecified atom stereocenters. The number of benzene rings is 8. The average molecular weight is 651 g/mol. The molecule has 0 spiro atoms. The number of rotatable bonds is 4. The van der Waals surface area contributed by atoms with Crippen molar-refractivity contribution < 1.29 is 4.42 Å². The van der Waals surface area contributed by atoms with Crippen molar-refractivity contribution in [2.24, 2.45) is 5.92 Å². The summed E-state index contributed by atoms with van der Waals surface area (Å²) in [4.78, 5) is 0. The van der Waals surface area contributed by atoms with Crippen LogP contribution in [-0.2, 0) is 0 Å². The fraction of sp³-hybridized carbons (Fsp3) is 0.0400. The lowest BCUT2D eigenvalue weighted by Gasteiger charge is -2.20. The number of fused-ring (bicyclic) bond motifs is 6. The van der Waals surface area contributed by atoms with E-state index < -0.39 is 0 Å². The normalized spacial score (nSPS) is 14.0. The van der Waals surface area contributed by atoms with Crippen LogP contribution in [0.1, 0.15) is 18.1 Å². The first kappa shape index (κ1) is 29.5. The zero-order chi connectivity index (χ0) is 33.9. The molecule has 1 aliphatic rings. The van der Waals surface area contributed by atoms with Gasteiger partial charge in [-0.15, -0.1) is 0 Å². The van der Waals surface area contributed by atoms with E-state index in [0.29, 0.717) is 5.92 Å². The molecule has 0 saturated heterocycles. The van der Waals surface area contributed by atoms with Crippen LogP contribution in [0.3, 0.4) is 0 Å². The lowest BCUT2D eigenvalue weighted by atomic mass is 9.83. The number of hydrogen-bond acceptors (Lipinski definition) is 1. The van der Waals surface area contributed by atoms with Crippen molar-refractivity contribution in [3.8, 4) is 44.5 Å². The van der Waals surface area contributed by atoms with Gasteiger partial charge in [0.1, 0.15) is 11.2 Å². The maximum Gasteiger partial charge on any atom is 0.136 e. The zero-order valence-electron chi connectivity index (χ0n) is 28.3. The molecule has 0 N–H and O–H groups in total. The molecule has 0 amide bonds. The Labute approximate surface area is 297 Å². The third kappa shape index (κ3) is 5.01. The maximum atomic E-state index is 6.61. The number of hydrogen-bond donors (Lipinski definition) is 0. The van der Waals surface area contributed by atoms with Crippen molar-refractivity contribution >= 4 is 55.6 Å². The molecule has 0 saturated carbocycles. The predicted octanol–water partition coefficient (Wildman–Crippen LogP) is 14.2. The highest BCUT2D eigenvalue weighted by molar-refractivity contribution is 6.14. The van der Waals surface area contributed by atoms with Gasteiger partial charge in [-0.3, -0.25) is 0 Å². The molecule has 1 atom stereocenters. The van der Waals surface area contributed by atoms with Crippen LogP contribution in [0.25, 0.3) is 100 Å². The van der Waals surface area contributed by atoms with Crippen LogP contribution < -0.4 is 0 Å². The van der Waals surface area contributed by atoms with E-state index in [1.54, 1.807) is 0 Å². The van der Waals surface area contributed by atoms with Gasteiger partial charge in [0.05, 0.1) is 0 Å². The van der Waals surface area contributed by atoms with Gasteiger partial charge >= 0.3 is 0 Å².